The number of nitrogens with zero attached hydrogens (tertiary/aromatic N) is 1. The van der Waals surface area contributed by atoms with Crippen molar-refractivity contribution in [2.24, 2.45) is 0 Å². The molecular formula is C15H13F3N2O3S. The van der Waals surface area contributed by atoms with Gasteiger partial charge in [0.05, 0.1) is 5.56 Å². The van der Waals surface area contributed by atoms with E-state index < -0.39 is 31.8 Å². The van der Waals surface area contributed by atoms with E-state index >= 15 is 0 Å². The fraction of sp³-hybridized carbons (Fsp3) is 0.200. The largest absolute Gasteiger partial charge is 0.503 e. The van der Waals surface area contributed by atoms with E-state index in [1.165, 1.54) is 6.07 Å². The number of aromatic nitrogens is 1. The van der Waals surface area contributed by atoms with Gasteiger partial charge in [0.15, 0.2) is 5.03 Å². The van der Waals surface area contributed by atoms with Gasteiger partial charge in [-0.05, 0) is 49.2 Å². The Morgan fingerprint density at radius 2 is 1.71 bits per heavy atom. The third-order valence-corrected chi connectivity index (χ3v) is 4.50. The van der Waals surface area contributed by atoms with Gasteiger partial charge in [0.1, 0.15) is 0 Å². The van der Waals surface area contributed by atoms with Crippen molar-refractivity contribution in [2.75, 3.05) is 5.32 Å². The topological polar surface area (TPSA) is 76.1 Å². The lowest BCUT2D eigenvalue weighted by atomic mass is 10.1. The van der Waals surface area contributed by atoms with Gasteiger partial charge in [0, 0.05) is 11.9 Å². The number of hydrogen-bond donors (Lipinski definition) is 1. The number of carbonyl (C=O) groups is 1. The van der Waals surface area contributed by atoms with Crippen molar-refractivity contribution in [3.63, 3.8) is 0 Å². The van der Waals surface area contributed by atoms with Crippen molar-refractivity contribution >= 4 is 21.4 Å². The number of benzene rings is 1. The molecule has 0 aliphatic carbocycles. The third-order valence-electron chi connectivity index (χ3n) is 3.05. The van der Waals surface area contributed by atoms with Crippen LogP contribution in [-0.2, 0) is 9.84 Å². The van der Waals surface area contributed by atoms with Crippen molar-refractivity contribution < 1.29 is 26.4 Å². The molecule has 24 heavy (non-hydrogen) atoms. The van der Waals surface area contributed by atoms with Crippen LogP contribution in [0.4, 0.5) is 18.9 Å². The van der Waals surface area contributed by atoms with Gasteiger partial charge in [-0.3, -0.25) is 4.79 Å². The maximum Gasteiger partial charge on any atom is 0.503 e. The summed E-state index contributed by atoms with van der Waals surface area (Å²) in [6, 6.07) is 7.23. The Morgan fingerprint density at radius 1 is 1.12 bits per heavy atom. The first-order chi connectivity index (χ1) is 11.0. The van der Waals surface area contributed by atoms with E-state index in [-0.39, 0.29) is 0 Å². The molecule has 0 bridgehead atoms. The maximum atomic E-state index is 12.7. The molecule has 0 spiro atoms. The SMILES string of the molecule is Cc1cc(C)cc(NC(=O)c2cccnc2S(=O)(=O)C(F)(F)F)c1. The molecule has 0 atom stereocenters. The van der Waals surface area contributed by atoms with E-state index in [1.54, 1.807) is 26.0 Å². The van der Waals surface area contributed by atoms with Gasteiger partial charge >= 0.3 is 5.51 Å². The second kappa shape index (κ2) is 6.23. The number of halogens is 3. The van der Waals surface area contributed by atoms with Gasteiger partial charge in [0.2, 0.25) is 0 Å². The van der Waals surface area contributed by atoms with Gasteiger partial charge in [0.25, 0.3) is 15.7 Å². The predicted octanol–water partition coefficient (Wildman–Crippen LogP) is 3.24. The van der Waals surface area contributed by atoms with E-state index in [1.807, 2.05) is 6.07 Å². The molecule has 2 aromatic rings. The van der Waals surface area contributed by atoms with Crippen LogP contribution in [-0.4, -0.2) is 24.8 Å². The van der Waals surface area contributed by atoms with Crippen molar-refractivity contribution in [3.8, 4) is 0 Å². The highest BCUT2D eigenvalue weighted by Crippen LogP contribution is 2.31. The standard InChI is InChI=1S/C15H13F3N2O3S/c1-9-6-10(2)8-11(7-9)20-13(21)12-4-3-5-19-14(12)24(22,23)15(16,17)18/h3-8H,1-2H3,(H,20,21). The van der Waals surface area contributed by atoms with E-state index in [9.17, 15) is 26.4 Å². The normalized spacial score (nSPS) is 12.0. The second-order valence-corrected chi connectivity index (χ2v) is 6.99. The maximum absolute atomic E-state index is 12.7. The molecule has 1 N–H and O–H groups in total. The van der Waals surface area contributed by atoms with E-state index in [0.717, 1.165) is 23.4 Å². The summed E-state index contributed by atoms with van der Waals surface area (Å²) in [5.74, 6) is -0.990. The molecule has 0 unspecified atom stereocenters. The number of amides is 1. The number of hydrogen-bond acceptors (Lipinski definition) is 4. The monoisotopic (exact) mass is 358 g/mol. The number of nitrogens with one attached hydrogen (secondary N) is 1. The predicted molar refractivity (Wildman–Crippen MR) is 81.3 cm³/mol. The summed E-state index contributed by atoms with van der Waals surface area (Å²) in [5.41, 5.74) is -4.21. The van der Waals surface area contributed by atoms with Crippen molar-refractivity contribution in [1.82, 2.24) is 4.98 Å². The lowest BCUT2D eigenvalue weighted by molar-refractivity contribution is -0.0438. The summed E-state index contributed by atoms with van der Waals surface area (Å²) in [5, 5.41) is 1.07. The van der Waals surface area contributed by atoms with Crippen LogP contribution in [0.15, 0.2) is 41.6 Å². The van der Waals surface area contributed by atoms with E-state index in [0.29, 0.717) is 5.69 Å². The molecule has 1 aromatic carbocycles. The van der Waals surface area contributed by atoms with Crippen LogP contribution in [0.1, 0.15) is 21.5 Å². The number of pyridine rings is 1. The number of anilines is 1. The van der Waals surface area contributed by atoms with Gasteiger partial charge in [-0.1, -0.05) is 6.07 Å². The van der Waals surface area contributed by atoms with Crippen molar-refractivity contribution in [2.45, 2.75) is 24.4 Å². The zero-order chi connectivity index (χ0) is 18.1. The lowest BCUT2D eigenvalue weighted by Gasteiger charge is -2.12. The molecule has 5 nitrogen and oxygen atoms in total. The minimum atomic E-state index is -5.73. The number of alkyl halides is 3. The highest BCUT2D eigenvalue weighted by atomic mass is 32.2. The highest BCUT2D eigenvalue weighted by Gasteiger charge is 2.49. The molecule has 128 valence electrons. The Morgan fingerprint density at radius 3 is 2.25 bits per heavy atom. The summed E-state index contributed by atoms with van der Waals surface area (Å²) in [7, 11) is -5.73. The summed E-state index contributed by atoms with van der Waals surface area (Å²) >= 11 is 0. The Labute approximate surface area is 136 Å². The Kier molecular flexibility index (Phi) is 4.66. The first kappa shape index (κ1) is 17.9. The smallest absolute Gasteiger partial charge is 0.322 e. The van der Waals surface area contributed by atoms with Crippen LogP contribution in [0.25, 0.3) is 0 Å². The molecule has 1 amide bonds. The van der Waals surface area contributed by atoms with Gasteiger partial charge in [-0.2, -0.15) is 13.2 Å². The molecule has 0 fully saturated rings. The zero-order valence-corrected chi connectivity index (χ0v) is 13.5. The number of aryl methyl sites for hydroxylation is 2. The average Bonchev–Trinajstić information content (AvgIpc) is 2.44. The molecule has 0 aliphatic rings. The summed E-state index contributed by atoms with van der Waals surface area (Å²) in [6.07, 6.45) is 0.881. The first-order valence-electron chi connectivity index (χ1n) is 6.68. The second-order valence-electron chi connectivity index (χ2n) is 5.14. The van der Waals surface area contributed by atoms with Crippen LogP contribution in [0.5, 0.6) is 0 Å². The number of rotatable bonds is 3. The van der Waals surface area contributed by atoms with Gasteiger partial charge < -0.3 is 5.32 Å². The summed E-state index contributed by atoms with van der Waals surface area (Å²) < 4.78 is 61.4. The van der Waals surface area contributed by atoms with Gasteiger partial charge in [-0.25, -0.2) is 13.4 Å². The first-order valence-corrected chi connectivity index (χ1v) is 8.17. The minimum Gasteiger partial charge on any atom is -0.322 e. The van der Waals surface area contributed by atoms with Gasteiger partial charge in [-0.15, -0.1) is 0 Å². The molecule has 2 rings (SSSR count). The molecule has 9 heteroatoms. The van der Waals surface area contributed by atoms with Crippen molar-refractivity contribution in [3.05, 3.63) is 53.2 Å². The summed E-state index contributed by atoms with van der Waals surface area (Å²) in [4.78, 5) is 15.5. The average molecular weight is 358 g/mol. The minimum absolute atomic E-state index is 0.344. The lowest BCUT2D eigenvalue weighted by Crippen LogP contribution is -2.27. The number of sulfone groups is 1. The molecular weight excluding hydrogens is 345 g/mol. The van der Waals surface area contributed by atoms with Crippen LogP contribution in [0.2, 0.25) is 0 Å². The molecule has 1 aromatic heterocycles. The molecule has 0 saturated carbocycles. The highest BCUT2D eigenvalue weighted by molar-refractivity contribution is 7.92. The van der Waals surface area contributed by atoms with Crippen LogP contribution in [0.3, 0.4) is 0 Å². The zero-order valence-electron chi connectivity index (χ0n) is 12.7. The summed E-state index contributed by atoms with van der Waals surface area (Å²) in [6.45, 7) is 3.57. The van der Waals surface area contributed by atoms with Crippen molar-refractivity contribution in [1.29, 1.82) is 0 Å². The van der Waals surface area contributed by atoms with E-state index in [4.69, 9.17) is 0 Å². The Balaban J connectivity index is 2.45. The number of carbonyl (C=O) groups excluding carboxylic acids is 1. The van der Waals surface area contributed by atoms with Crippen LogP contribution >= 0.6 is 0 Å². The van der Waals surface area contributed by atoms with Crippen LogP contribution in [0, 0.1) is 13.8 Å². The molecule has 0 saturated heterocycles. The molecule has 0 radical (unpaired) electrons. The molecule has 0 aliphatic heterocycles. The quantitative estimate of drug-likeness (QED) is 0.914. The molecule has 1 heterocycles. The third kappa shape index (κ3) is 3.56. The Hall–Kier alpha value is -2.42. The Bertz CT molecular complexity index is 873. The van der Waals surface area contributed by atoms with E-state index in [2.05, 4.69) is 10.3 Å². The fourth-order valence-electron chi connectivity index (χ4n) is 2.13. The fourth-order valence-corrected chi connectivity index (χ4v) is 3.00. The van der Waals surface area contributed by atoms with Crippen LogP contribution < -0.4 is 5.32 Å².